The molecule has 1 amide bonds. The van der Waals surface area contributed by atoms with Crippen molar-refractivity contribution in [3.8, 4) is 5.75 Å². The van der Waals surface area contributed by atoms with Crippen molar-refractivity contribution in [3.63, 3.8) is 0 Å². The van der Waals surface area contributed by atoms with Gasteiger partial charge in [0.2, 0.25) is 5.95 Å². The molecule has 0 saturated carbocycles. The van der Waals surface area contributed by atoms with Gasteiger partial charge in [0.1, 0.15) is 5.75 Å². The van der Waals surface area contributed by atoms with Crippen molar-refractivity contribution in [2.75, 3.05) is 39.6 Å². The number of likely N-dealkylation sites (tertiary alicyclic amines) is 1. The molecule has 4 N–H and O–H groups in total. The SMILES string of the molecule is CN=C(C1=C(N)CCc2cnc(Nc3ccc(C(=O)NC4CN(C)C4)cc3OC)nc21)c1ccccc1. The summed E-state index contributed by atoms with van der Waals surface area (Å²) in [7, 11) is 5.37. The number of carbonyl (C=O) groups is 1. The molecule has 3 aromatic rings. The molecule has 2 aliphatic rings. The Morgan fingerprint density at radius 2 is 1.92 bits per heavy atom. The number of aromatic nitrogens is 2. The Kier molecular flexibility index (Phi) is 6.87. The first-order valence-electron chi connectivity index (χ1n) is 12.3. The van der Waals surface area contributed by atoms with Crippen LogP contribution in [0.25, 0.3) is 5.57 Å². The number of hydrogen-bond donors (Lipinski definition) is 3. The zero-order chi connectivity index (χ0) is 25.9. The third-order valence-corrected chi connectivity index (χ3v) is 6.70. The quantitative estimate of drug-likeness (QED) is 0.430. The highest BCUT2D eigenvalue weighted by Crippen LogP contribution is 2.33. The topological polar surface area (TPSA) is 118 Å². The molecule has 0 radical (unpaired) electrons. The zero-order valence-corrected chi connectivity index (χ0v) is 21.3. The maximum Gasteiger partial charge on any atom is 0.251 e. The third kappa shape index (κ3) is 5.03. The first-order chi connectivity index (χ1) is 18.0. The Morgan fingerprint density at radius 3 is 2.62 bits per heavy atom. The number of nitrogens with zero attached hydrogens (tertiary/aromatic N) is 4. The summed E-state index contributed by atoms with van der Waals surface area (Å²) >= 11 is 0. The van der Waals surface area contributed by atoms with Gasteiger partial charge >= 0.3 is 0 Å². The van der Waals surface area contributed by atoms with E-state index in [0.717, 1.165) is 59.7 Å². The van der Waals surface area contributed by atoms with Crippen LogP contribution in [0.15, 0.2) is 65.4 Å². The fourth-order valence-corrected chi connectivity index (χ4v) is 4.77. The number of benzene rings is 2. The summed E-state index contributed by atoms with van der Waals surface area (Å²) in [4.78, 5) is 28.8. The lowest BCUT2D eigenvalue weighted by molar-refractivity contribution is 0.0857. The molecular weight excluding hydrogens is 466 g/mol. The van der Waals surface area contributed by atoms with E-state index in [1.165, 1.54) is 0 Å². The Bertz CT molecular complexity index is 1380. The molecule has 37 heavy (non-hydrogen) atoms. The molecule has 9 nitrogen and oxygen atoms in total. The number of anilines is 2. The molecule has 9 heteroatoms. The van der Waals surface area contributed by atoms with Crippen molar-refractivity contribution in [2.45, 2.75) is 18.9 Å². The Balaban J connectivity index is 1.42. The number of methoxy groups -OCH3 is 1. The molecule has 1 fully saturated rings. The Morgan fingerprint density at radius 1 is 1.14 bits per heavy atom. The molecule has 0 atom stereocenters. The number of allylic oxidation sites excluding steroid dienone is 2. The number of aliphatic imine (C=N–C) groups is 1. The van der Waals surface area contributed by atoms with E-state index in [1.807, 2.05) is 43.6 Å². The van der Waals surface area contributed by atoms with Gasteiger partial charge in [-0.3, -0.25) is 9.79 Å². The van der Waals surface area contributed by atoms with E-state index in [2.05, 4.69) is 25.5 Å². The van der Waals surface area contributed by atoms with Crippen LogP contribution in [0.3, 0.4) is 0 Å². The van der Waals surface area contributed by atoms with Gasteiger partial charge in [0, 0.05) is 48.7 Å². The third-order valence-electron chi connectivity index (χ3n) is 6.70. The van der Waals surface area contributed by atoms with E-state index in [4.69, 9.17) is 15.5 Å². The summed E-state index contributed by atoms with van der Waals surface area (Å²) in [5, 5.41) is 6.30. The molecule has 1 saturated heterocycles. The smallest absolute Gasteiger partial charge is 0.251 e. The number of ether oxygens (including phenoxy) is 1. The van der Waals surface area contributed by atoms with Crippen LogP contribution in [0, 0.1) is 0 Å². The average Bonchev–Trinajstić information content (AvgIpc) is 2.90. The first-order valence-corrected chi connectivity index (χ1v) is 12.3. The van der Waals surface area contributed by atoms with Crippen LogP contribution in [-0.4, -0.2) is 66.8 Å². The van der Waals surface area contributed by atoms with Crippen LogP contribution in [0.4, 0.5) is 11.6 Å². The summed E-state index contributed by atoms with van der Waals surface area (Å²) in [5.74, 6) is 0.808. The molecule has 190 valence electrons. The number of nitrogens with one attached hydrogen (secondary N) is 2. The van der Waals surface area contributed by atoms with Gasteiger partial charge in [-0.25, -0.2) is 9.97 Å². The summed E-state index contributed by atoms with van der Waals surface area (Å²) in [6.07, 6.45) is 3.32. The fourth-order valence-electron chi connectivity index (χ4n) is 4.77. The van der Waals surface area contributed by atoms with Crippen LogP contribution >= 0.6 is 0 Å². The standard InChI is InChI=1S/C28H31N7O2/c1-30-25(17-7-5-4-6-8-17)24-21(29)11-9-19-14-31-28(34-26(19)24)33-22-12-10-18(13-23(22)37-3)27(36)32-20-15-35(2)16-20/h4-8,10,12-14,20H,9,11,15-16,29H2,1-3H3,(H,32,36)(H,31,33,34). The van der Waals surface area contributed by atoms with Crippen LogP contribution in [0.2, 0.25) is 0 Å². The molecular formula is C28H31N7O2. The summed E-state index contributed by atoms with van der Waals surface area (Å²) in [6, 6.07) is 15.4. The van der Waals surface area contributed by atoms with Gasteiger partial charge in [0.25, 0.3) is 5.91 Å². The summed E-state index contributed by atoms with van der Waals surface area (Å²) in [6.45, 7) is 1.71. The van der Waals surface area contributed by atoms with Crippen LogP contribution in [0.1, 0.15) is 33.6 Å². The number of amides is 1. The number of likely N-dealkylation sites (N-methyl/N-ethyl adjacent to an activating group) is 1. The molecule has 0 bridgehead atoms. The fraction of sp³-hybridized carbons (Fsp3) is 0.286. The van der Waals surface area contributed by atoms with Crippen molar-refractivity contribution in [3.05, 3.63) is 82.8 Å². The zero-order valence-electron chi connectivity index (χ0n) is 21.3. The predicted molar refractivity (Wildman–Crippen MR) is 145 cm³/mol. The molecule has 2 heterocycles. The van der Waals surface area contributed by atoms with Gasteiger partial charge in [-0.05, 0) is 43.7 Å². The molecule has 5 rings (SSSR count). The maximum absolute atomic E-state index is 12.7. The lowest BCUT2D eigenvalue weighted by Crippen LogP contribution is -2.57. The molecule has 0 unspecified atom stereocenters. The lowest BCUT2D eigenvalue weighted by Gasteiger charge is -2.36. The van der Waals surface area contributed by atoms with Gasteiger partial charge in [-0.1, -0.05) is 30.3 Å². The number of hydrogen-bond acceptors (Lipinski definition) is 8. The highest BCUT2D eigenvalue weighted by Gasteiger charge is 2.26. The van der Waals surface area contributed by atoms with Crippen molar-refractivity contribution in [1.82, 2.24) is 20.2 Å². The largest absolute Gasteiger partial charge is 0.495 e. The second kappa shape index (κ2) is 10.4. The van der Waals surface area contributed by atoms with E-state index in [-0.39, 0.29) is 11.9 Å². The van der Waals surface area contributed by atoms with Crippen LogP contribution in [-0.2, 0) is 6.42 Å². The van der Waals surface area contributed by atoms with E-state index in [1.54, 1.807) is 32.4 Å². The summed E-state index contributed by atoms with van der Waals surface area (Å²) < 4.78 is 5.58. The minimum Gasteiger partial charge on any atom is -0.495 e. The predicted octanol–water partition coefficient (Wildman–Crippen LogP) is 3.01. The van der Waals surface area contributed by atoms with Crippen LogP contribution < -0.4 is 21.1 Å². The average molecular weight is 498 g/mol. The highest BCUT2D eigenvalue weighted by atomic mass is 16.5. The van der Waals surface area contributed by atoms with E-state index < -0.39 is 0 Å². The van der Waals surface area contributed by atoms with Gasteiger partial charge in [-0.2, -0.15) is 0 Å². The van der Waals surface area contributed by atoms with Crippen molar-refractivity contribution < 1.29 is 9.53 Å². The van der Waals surface area contributed by atoms with Gasteiger partial charge < -0.3 is 26.0 Å². The number of carbonyl (C=O) groups excluding carboxylic acids is 1. The number of rotatable bonds is 7. The second-order valence-electron chi connectivity index (χ2n) is 9.34. The number of fused-ring (bicyclic) bond motifs is 1. The molecule has 2 aromatic carbocycles. The van der Waals surface area contributed by atoms with E-state index in [0.29, 0.717) is 22.9 Å². The minimum absolute atomic E-state index is 0.120. The molecule has 1 aliphatic carbocycles. The van der Waals surface area contributed by atoms with Crippen molar-refractivity contribution in [1.29, 1.82) is 0 Å². The maximum atomic E-state index is 12.7. The first kappa shape index (κ1) is 24.5. The second-order valence-corrected chi connectivity index (χ2v) is 9.34. The van der Waals surface area contributed by atoms with Crippen LogP contribution in [0.5, 0.6) is 5.75 Å². The van der Waals surface area contributed by atoms with Crippen molar-refractivity contribution >= 4 is 28.8 Å². The number of aryl methyl sites for hydroxylation is 1. The highest BCUT2D eigenvalue weighted by molar-refractivity contribution is 6.32. The van der Waals surface area contributed by atoms with Gasteiger partial charge in [-0.15, -0.1) is 0 Å². The molecule has 0 spiro atoms. The normalized spacial score (nSPS) is 16.1. The monoisotopic (exact) mass is 497 g/mol. The van der Waals surface area contributed by atoms with Gasteiger partial charge in [0.15, 0.2) is 0 Å². The number of nitrogens with two attached hydrogens (primary N) is 1. The molecule has 1 aliphatic heterocycles. The Labute approximate surface area is 216 Å². The molecule has 1 aromatic heterocycles. The summed E-state index contributed by atoms with van der Waals surface area (Å²) in [5.41, 5.74) is 12.9. The van der Waals surface area contributed by atoms with Gasteiger partial charge in [0.05, 0.1) is 30.2 Å². The van der Waals surface area contributed by atoms with Crippen molar-refractivity contribution in [2.24, 2.45) is 10.7 Å². The Hall–Kier alpha value is -4.24. The lowest BCUT2D eigenvalue weighted by atomic mass is 9.88. The van der Waals surface area contributed by atoms with E-state index in [9.17, 15) is 4.79 Å². The minimum atomic E-state index is -0.120. The van der Waals surface area contributed by atoms with E-state index >= 15 is 0 Å².